The van der Waals surface area contributed by atoms with Crippen molar-refractivity contribution in [2.75, 3.05) is 45.2 Å². The number of carboxylic acid groups (broad SMARTS) is 2. The number of rotatable bonds is 16. The summed E-state index contributed by atoms with van der Waals surface area (Å²) in [5.74, 6) is -1.27. The Balaban J connectivity index is -0.00000123. The van der Waals surface area contributed by atoms with Gasteiger partial charge < -0.3 is 65.9 Å². The van der Waals surface area contributed by atoms with Crippen LogP contribution in [0.2, 0.25) is 39.3 Å². The Morgan fingerprint density at radius 1 is 0.624 bits per heavy atom. The number of halogens is 8. The van der Waals surface area contributed by atoms with Crippen LogP contribution in [0, 0.1) is 19.3 Å². The maximum absolute atomic E-state index is 11.7. The van der Waals surface area contributed by atoms with Gasteiger partial charge in [-0.25, -0.2) is 42.2 Å². The molecule has 0 amide bonds. The molecule has 52 heteroatoms. The fourth-order valence-corrected chi connectivity index (χ4v) is 19.1. The average molecular weight is 2100 g/mol. The van der Waals surface area contributed by atoms with Crippen LogP contribution in [0.15, 0.2) is 148 Å². The summed E-state index contributed by atoms with van der Waals surface area (Å²) in [6.07, 6.45) is 32.3. The van der Waals surface area contributed by atoms with Crippen molar-refractivity contribution in [2.24, 2.45) is 4.30 Å². The van der Waals surface area contributed by atoms with Crippen molar-refractivity contribution in [2.45, 2.75) is 99.8 Å². The van der Waals surface area contributed by atoms with Crippen LogP contribution < -0.4 is 108 Å². The van der Waals surface area contributed by atoms with E-state index >= 15 is 0 Å². The van der Waals surface area contributed by atoms with Gasteiger partial charge in [-0.15, -0.1) is 74.4 Å². The number of hydrogen-bond acceptors (Lipinski definition) is 29. The molecule has 27 nitrogen and oxygen atoms in total. The first-order valence-corrected chi connectivity index (χ1v) is 51.8. The summed E-state index contributed by atoms with van der Waals surface area (Å²) in [7, 11) is -10.1. The molecule has 1 radical (unpaired) electrons. The Kier molecular flexibility index (Phi) is 57.5. The number of aromatic carboxylic acids is 2. The van der Waals surface area contributed by atoms with Crippen LogP contribution in [0.5, 0.6) is 0 Å². The molecule has 0 saturated carbocycles. The number of esters is 4. The first kappa shape index (κ1) is 117. The van der Waals surface area contributed by atoms with E-state index in [1.54, 1.807) is 105 Å². The van der Waals surface area contributed by atoms with E-state index in [2.05, 4.69) is 103 Å². The fourth-order valence-electron chi connectivity index (χ4n) is 7.82. The number of carbonyl (C=O) groups excluding carboxylic acids is 4. The molecular formula is C65H78BBrCsF7N8NaO19S12Si2. The number of thiazole rings is 7. The monoisotopic (exact) mass is 2090 g/mol. The van der Waals surface area contributed by atoms with Gasteiger partial charge in [0.05, 0.1) is 72.8 Å². The number of terminal acetylenes is 1. The number of nitrogens with zero attached hydrogens (tertiary/aromatic N) is 8. The number of thiol groups is 1. The van der Waals surface area contributed by atoms with Gasteiger partial charge in [0.25, 0.3) is 4.34 Å². The van der Waals surface area contributed by atoms with Crippen molar-refractivity contribution in [3.8, 4) is 12.3 Å². The van der Waals surface area contributed by atoms with Crippen LogP contribution in [-0.4, -0.2) is 180 Å². The van der Waals surface area contributed by atoms with Crippen molar-refractivity contribution in [1.29, 1.82) is 0 Å². The molecular weight excluding hydrogens is 2020 g/mol. The molecule has 12 heterocycles. The van der Waals surface area contributed by atoms with Crippen molar-refractivity contribution in [3.63, 3.8) is 0 Å². The van der Waals surface area contributed by atoms with Gasteiger partial charge in [-0.1, -0.05) is 62.4 Å². The summed E-state index contributed by atoms with van der Waals surface area (Å²) in [5.41, 5.74) is -7.44. The van der Waals surface area contributed by atoms with Gasteiger partial charge in [0.15, 0.2) is 16.3 Å². The Morgan fingerprint density at radius 3 is 1.35 bits per heavy atom. The van der Waals surface area contributed by atoms with E-state index in [0.29, 0.717) is 54.2 Å². The molecule has 12 aromatic heterocycles. The summed E-state index contributed by atoms with van der Waals surface area (Å²) < 4.78 is 156. The number of carbonyl (C=O) groups is 6. The number of alkyl halides is 6. The third-order valence-electron chi connectivity index (χ3n) is 12.3. The molecule has 0 saturated heterocycles. The molecule has 0 aliphatic heterocycles. The first-order chi connectivity index (χ1) is 52.8. The first-order valence-electron chi connectivity index (χ1n) is 31.8. The molecule has 0 aromatic carbocycles. The maximum Gasteiger partial charge on any atom is 1.00 e. The molecule has 0 unspecified atom stereocenters. The summed E-state index contributed by atoms with van der Waals surface area (Å²) in [5, 5.41) is 31.3. The summed E-state index contributed by atoms with van der Waals surface area (Å²) >= 11 is 21.0. The van der Waals surface area contributed by atoms with Crippen molar-refractivity contribution < 1.29 is 223 Å². The Bertz CT molecular complexity index is 5180. The molecule has 0 aliphatic rings. The van der Waals surface area contributed by atoms with E-state index in [0.717, 1.165) is 38.5 Å². The van der Waals surface area contributed by atoms with E-state index < -0.39 is 65.3 Å². The zero-order valence-corrected chi connectivity index (χ0v) is 86.8. The summed E-state index contributed by atoms with van der Waals surface area (Å²) in [6.45, 7) is 22.8. The van der Waals surface area contributed by atoms with Crippen molar-refractivity contribution in [1.82, 2.24) is 27.0 Å². The van der Waals surface area contributed by atoms with E-state index in [1.807, 2.05) is 148 Å². The van der Waals surface area contributed by atoms with Gasteiger partial charge in [-0.2, -0.15) is 39.3 Å². The van der Waals surface area contributed by atoms with Gasteiger partial charge in [0.2, 0.25) is 0 Å². The molecule has 0 aliphatic carbocycles. The number of ether oxygens (including phenoxy) is 4. The van der Waals surface area contributed by atoms with Gasteiger partial charge in [-0.05, 0) is 98.6 Å². The van der Waals surface area contributed by atoms with Crippen LogP contribution >= 0.6 is 132 Å². The van der Waals surface area contributed by atoms with Crippen LogP contribution in [0.25, 0.3) is 24.2 Å². The van der Waals surface area contributed by atoms with Crippen molar-refractivity contribution in [3.05, 3.63) is 168 Å². The van der Waals surface area contributed by atoms with Gasteiger partial charge in [0, 0.05) is 106 Å². The Hall–Kier alpha value is -3.99. The van der Waals surface area contributed by atoms with E-state index in [-0.39, 0.29) is 133 Å². The van der Waals surface area contributed by atoms with Crippen LogP contribution in [-0.2, 0) is 54.3 Å². The predicted molar refractivity (Wildman–Crippen MR) is 449 cm³/mol. The van der Waals surface area contributed by atoms with Crippen LogP contribution in [0.3, 0.4) is 0 Å². The number of aromatic nitrogens is 7. The van der Waals surface area contributed by atoms with E-state index in [1.165, 1.54) is 67.2 Å². The number of thioether (sulfide) groups is 2. The number of aryl methyl sites for hydroxylation is 1. The van der Waals surface area contributed by atoms with Gasteiger partial charge in [-0.3, -0.25) is 4.18 Å². The SMILES string of the molecule is C#CC(=O)OCC.CCOC(=O)c1c(Br)cn2ccsc12.CCOC(=O)c1ccn2ccsc12.CCOC(=O)c1ccn2ccsc12.CSc1nccs1.CSc1scc[n+]1C[Si](C)(C)C.C[Si](C)(C)COS(=O)(=O)C(F)(F)F.Cc1cn2ccsc2c1C(=O)O.O=C(O)c1ccn2ccsc12.O=S(=O)([O-])C(F)(F)F.[B]=NS.[Cs+].[F-].[Na+].[OH-]. The quantitative estimate of drug-likeness (QED) is 0.00663. The molecule has 0 spiro atoms. The van der Waals surface area contributed by atoms with Crippen LogP contribution in [0.1, 0.15) is 85.0 Å². The minimum Gasteiger partial charge on any atom is -1.00 e. The number of carboxylic acids is 2. The zero-order chi connectivity index (χ0) is 85.8. The molecule has 3 N–H and O–H groups in total. The molecule has 0 bridgehead atoms. The minimum absolute atomic E-state index is 0. The molecule has 0 fully saturated rings. The molecule has 633 valence electrons. The number of fused-ring (bicyclic) bond motifs is 5. The smallest absolute Gasteiger partial charge is 1.00 e. The third-order valence-corrected chi connectivity index (χ3v) is 25.4. The Morgan fingerprint density at radius 2 is 1.02 bits per heavy atom. The van der Waals surface area contributed by atoms with E-state index in [4.69, 9.17) is 37.4 Å². The molecule has 12 rings (SSSR count). The molecule has 117 heavy (non-hydrogen) atoms. The fraction of sp³-hybridized carbons (Fsp3) is 0.323. The normalized spacial score (nSPS) is 10.6. The maximum atomic E-state index is 11.7. The number of hydrogen-bond donors (Lipinski definition) is 3. The van der Waals surface area contributed by atoms with E-state index in [9.17, 15) is 63.5 Å². The standard InChI is InChI=1S/C9H8BrNO2S.2C9H9NO2S.C8H7NO2S.C8H16NS2Si.C7H5NO2S.C5H11F3O3SSi.C5H6O2.C4H5NS2.CHF3O3S.BHNS.Cs.FH.Na.H2O/c1-2-13-9(12)7-6(10)5-11-3-4-14-8(7)11;2*1-2-12-9(11)7-3-4-10-5-6-13-8(7)10;1-5-4-9-2-3-12-7(9)6(5)8(10)11;1-10-8-9(5-6-11-8)7-12(2,3)4;9-7(10)5-1-2-8-3-4-11-6(5)8;1-13(2,3)4-11-12(9,10)5(6,7)8;1-3-5(6)7-4-2;1-6-4-5-2-3-7-4;2-1(3,4)8(5,6)7;1-2-3;;;;/h3-5H,2H2,1H3;2*3-6H,2H2,1H3;2-4H,1H3,(H,10,11);5-6H,7H2,1-4H3;1-4H,(H,9,10);4H2,1-3H3;1H,4H2,2H3;2-3H,1H3;(H,5,6,7);3H;;1H;;1H2/q;;;;+1;;;;;;;+1;;+1;/p-3. The van der Waals surface area contributed by atoms with Crippen LogP contribution in [0.4, 0.5) is 26.3 Å². The summed E-state index contributed by atoms with van der Waals surface area (Å²) in [6, 6.07) is 5.17. The topological polar surface area (TPSA) is 362 Å². The Labute approximate surface area is 804 Å². The minimum atomic E-state index is -6.09. The third kappa shape index (κ3) is 40.9. The predicted octanol–water partition coefficient (Wildman–Crippen LogP) is 8.48. The molecule has 0 atom stereocenters. The largest absolute Gasteiger partial charge is 1.00 e. The molecule has 12 aromatic rings. The second kappa shape index (κ2) is 57.4. The van der Waals surface area contributed by atoms with Crippen molar-refractivity contribution >= 4 is 236 Å². The second-order valence-corrected chi connectivity index (χ2v) is 46.5. The zero-order valence-electron chi connectivity index (χ0n) is 65.0. The average Bonchev–Trinajstić information content (AvgIpc) is 1.64. The van der Waals surface area contributed by atoms with Gasteiger partial charge in [0.1, 0.15) is 48.3 Å². The summed E-state index contributed by atoms with van der Waals surface area (Å²) in [4.78, 5) is 74.1. The second-order valence-electron chi connectivity index (χ2n) is 23.2. The van der Waals surface area contributed by atoms with Gasteiger partial charge >= 0.3 is 180 Å².